The van der Waals surface area contributed by atoms with Crippen molar-refractivity contribution in [3.05, 3.63) is 29.8 Å². The van der Waals surface area contributed by atoms with Gasteiger partial charge >= 0.3 is 0 Å². The molecule has 1 aromatic rings. The van der Waals surface area contributed by atoms with Crippen molar-refractivity contribution in [1.29, 1.82) is 0 Å². The maximum atomic E-state index is 11.5. The number of nitrogens with one attached hydrogen (secondary N) is 1. The van der Waals surface area contributed by atoms with E-state index in [0.717, 1.165) is 24.3 Å². The van der Waals surface area contributed by atoms with Crippen molar-refractivity contribution in [2.75, 3.05) is 25.0 Å². The summed E-state index contributed by atoms with van der Waals surface area (Å²) in [5.41, 5.74) is 1.83. The lowest BCUT2D eigenvalue weighted by Gasteiger charge is -2.34. The van der Waals surface area contributed by atoms with Gasteiger partial charge in [-0.1, -0.05) is 12.1 Å². The monoisotopic (exact) mass is 190 g/mol. The maximum absolute atomic E-state index is 11.5. The summed E-state index contributed by atoms with van der Waals surface area (Å²) in [5, 5.41) is 2.66. The summed E-state index contributed by atoms with van der Waals surface area (Å²) in [4.78, 5) is 13.8. The average molecular weight is 190 g/mol. The molecular formula is C11H14N2O. The number of nitrogens with zero attached hydrogens (tertiary/aromatic N) is 1. The van der Waals surface area contributed by atoms with Crippen molar-refractivity contribution in [3.8, 4) is 0 Å². The van der Waals surface area contributed by atoms with Crippen LogP contribution >= 0.6 is 0 Å². The minimum Gasteiger partial charge on any atom is -0.371 e. The smallest absolute Gasteiger partial charge is 0.253 e. The highest BCUT2D eigenvalue weighted by molar-refractivity contribution is 5.99. The van der Waals surface area contributed by atoms with Gasteiger partial charge in [0.1, 0.15) is 0 Å². The van der Waals surface area contributed by atoms with Crippen molar-refractivity contribution in [2.24, 2.45) is 0 Å². The molecule has 1 aliphatic heterocycles. The zero-order valence-electron chi connectivity index (χ0n) is 8.29. The Morgan fingerprint density at radius 3 is 2.64 bits per heavy atom. The Hall–Kier alpha value is -1.51. The van der Waals surface area contributed by atoms with E-state index in [1.807, 2.05) is 24.3 Å². The van der Waals surface area contributed by atoms with Gasteiger partial charge in [-0.3, -0.25) is 4.79 Å². The van der Waals surface area contributed by atoms with E-state index >= 15 is 0 Å². The molecule has 0 aliphatic carbocycles. The van der Waals surface area contributed by atoms with Crippen molar-refractivity contribution >= 4 is 11.6 Å². The topological polar surface area (TPSA) is 32.3 Å². The lowest BCUT2D eigenvalue weighted by atomic mass is 10.1. The normalized spacial score (nSPS) is 14.8. The number of rotatable bonds is 2. The van der Waals surface area contributed by atoms with Crippen LogP contribution in [-0.4, -0.2) is 26.0 Å². The molecule has 3 heteroatoms. The van der Waals surface area contributed by atoms with Gasteiger partial charge in [-0.15, -0.1) is 0 Å². The Kier molecular flexibility index (Phi) is 2.39. The number of carbonyl (C=O) groups is 1. The number of hydrogen-bond donors (Lipinski definition) is 1. The summed E-state index contributed by atoms with van der Waals surface area (Å²) in [6, 6.07) is 7.74. The molecule has 14 heavy (non-hydrogen) atoms. The van der Waals surface area contributed by atoms with Gasteiger partial charge in [0.15, 0.2) is 0 Å². The van der Waals surface area contributed by atoms with Crippen LogP contribution in [0.15, 0.2) is 24.3 Å². The highest BCUT2D eigenvalue weighted by atomic mass is 16.1. The van der Waals surface area contributed by atoms with Gasteiger partial charge in [-0.2, -0.15) is 0 Å². The van der Waals surface area contributed by atoms with Crippen LogP contribution in [0.3, 0.4) is 0 Å². The maximum Gasteiger partial charge on any atom is 0.253 e. The first kappa shape index (κ1) is 9.06. The fraction of sp³-hybridized carbons (Fsp3) is 0.364. The van der Waals surface area contributed by atoms with Gasteiger partial charge in [-0.05, 0) is 18.6 Å². The molecule has 0 aromatic heterocycles. The predicted octanol–water partition coefficient (Wildman–Crippen LogP) is 1.26. The van der Waals surface area contributed by atoms with Crippen LogP contribution in [0.25, 0.3) is 0 Å². The average Bonchev–Trinajstić information content (AvgIpc) is 2.15. The van der Waals surface area contributed by atoms with Crippen molar-refractivity contribution in [1.82, 2.24) is 5.32 Å². The Morgan fingerprint density at radius 1 is 1.36 bits per heavy atom. The third-order valence-corrected chi connectivity index (χ3v) is 2.57. The predicted molar refractivity (Wildman–Crippen MR) is 56.7 cm³/mol. The molecule has 1 saturated heterocycles. The van der Waals surface area contributed by atoms with Crippen LogP contribution in [0.4, 0.5) is 5.69 Å². The standard InChI is InChI=1S/C11H14N2O/c1-12-11(14)9-5-2-3-6-10(9)13-7-4-8-13/h2-3,5-6H,4,7-8H2,1H3,(H,12,14). The first-order valence-corrected chi connectivity index (χ1v) is 4.89. The van der Waals surface area contributed by atoms with Crippen molar-refractivity contribution in [2.45, 2.75) is 6.42 Å². The molecule has 1 aromatic carbocycles. The van der Waals surface area contributed by atoms with E-state index in [9.17, 15) is 4.79 Å². The second-order valence-electron chi connectivity index (χ2n) is 3.44. The van der Waals surface area contributed by atoms with Crippen LogP contribution in [0.1, 0.15) is 16.8 Å². The largest absolute Gasteiger partial charge is 0.371 e. The van der Waals surface area contributed by atoms with Crippen molar-refractivity contribution < 1.29 is 4.79 Å². The molecule has 3 nitrogen and oxygen atoms in total. The molecule has 0 radical (unpaired) electrons. The first-order chi connectivity index (χ1) is 6.83. The van der Waals surface area contributed by atoms with Crippen LogP contribution in [0, 0.1) is 0 Å². The van der Waals surface area contributed by atoms with Gasteiger partial charge in [0.2, 0.25) is 0 Å². The summed E-state index contributed by atoms with van der Waals surface area (Å²) in [6.45, 7) is 2.13. The molecule has 0 atom stereocenters. The second kappa shape index (κ2) is 3.70. The third kappa shape index (κ3) is 1.45. The zero-order valence-corrected chi connectivity index (χ0v) is 8.29. The Bertz CT molecular complexity index is 345. The third-order valence-electron chi connectivity index (χ3n) is 2.57. The molecule has 2 rings (SSSR count). The van der Waals surface area contributed by atoms with Crippen LogP contribution in [-0.2, 0) is 0 Å². The van der Waals surface area contributed by atoms with Crippen LogP contribution in [0.5, 0.6) is 0 Å². The second-order valence-corrected chi connectivity index (χ2v) is 3.44. The van der Waals surface area contributed by atoms with Crippen LogP contribution < -0.4 is 10.2 Å². The van der Waals surface area contributed by atoms with E-state index in [1.54, 1.807) is 7.05 Å². The Balaban J connectivity index is 2.32. The Labute approximate surface area is 83.7 Å². The van der Waals surface area contributed by atoms with Gasteiger partial charge in [0, 0.05) is 25.8 Å². The zero-order chi connectivity index (χ0) is 9.97. The van der Waals surface area contributed by atoms with Crippen LogP contribution in [0.2, 0.25) is 0 Å². The minimum atomic E-state index is -0.00694. The number of benzene rings is 1. The number of hydrogen-bond acceptors (Lipinski definition) is 2. The van der Waals surface area contributed by atoms with Gasteiger partial charge in [0.25, 0.3) is 5.91 Å². The quantitative estimate of drug-likeness (QED) is 0.761. The van der Waals surface area contributed by atoms with Gasteiger partial charge in [0.05, 0.1) is 5.56 Å². The number of anilines is 1. The molecule has 0 saturated carbocycles. The summed E-state index contributed by atoms with van der Waals surface area (Å²) >= 11 is 0. The molecule has 74 valence electrons. The Morgan fingerprint density at radius 2 is 2.07 bits per heavy atom. The summed E-state index contributed by atoms with van der Waals surface area (Å²) < 4.78 is 0. The number of amides is 1. The van der Waals surface area contributed by atoms with E-state index in [-0.39, 0.29) is 5.91 Å². The summed E-state index contributed by atoms with van der Waals surface area (Å²) in [5.74, 6) is -0.00694. The van der Waals surface area contributed by atoms with E-state index in [4.69, 9.17) is 0 Å². The van der Waals surface area contributed by atoms with E-state index in [2.05, 4.69) is 10.2 Å². The molecule has 0 unspecified atom stereocenters. The molecule has 1 heterocycles. The molecule has 1 aliphatic rings. The SMILES string of the molecule is CNC(=O)c1ccccc1N1CCC1. The molecule has 1 N–H and O–H groups in total. The fourth-order valence-electron chi connectivity index (χ4n) is 1.63. The van der Waals surface area contributed by atoms with E-state index < -0.39 is 0 Å². The molecule has 0 bridgehead atoms. The highest BCUT2D eigenvalue weighted by Crippen LogP contribution is 2.24. The van der Waals surface area contributed by atoms with Crippen molar-refractivity contribution in [3.63, 3.8) is 0 Å². The number of para-hydroxylation sites is 1. The van der Waals surface area contributed by atoms with E-state index in [0.29, 0.717) is 0 Å². The summed E-state index contributed by atoms with van der Waals surface area (Å²) in [6.07, 6.45) is 1.22. The van der Waals surface area contributed by atoms with Gasteiger partial charge in [-0.25, -0.2) is 0 Å². The first-order valence-electron chi connectivity index (χ1n) is 4.89. The van der Waals surface area contributed by atoms with E-state index in [1.165, 1.54) is 6.42 Å². The lowest BCUT2D eigenvalue weighted by Crippen LogP contribution is -2.38. The molecule has 1 fully saturated rings. The van der Waals surface area contributed by atoms with Gasteiger partial charge < -0.3 is 10.2 Å². The number of carbonyl (C=O) groups excluding carboxylic acids is 1. The highest BCUT2D eigenvalue weighted by Gasteiger charge is 2.19. The molecule has 1 amide bonds. The molecule has 0 spiro atoms. The molecular weight excluding hydrogens is 176 g/mol. The lowest BCUT2D eigenvalue weighted by molar-refractivity contribution is 0.0963. The summed E-state index contributed by atoms with van der Waals surface area (Å²) in [7, 11) is 1.66. The fourth-order valence-corrected chi connectivity index (χ4v) is 1.63. The minimum absolute atomic E-state index is 0.00694.